The Hall–Kier alpha value is -2.72. The van der Waals surface area contributed by atoms with E-state index in [1.807, 2.05) is 0 Å². The number of aryl methyl sites for hydroxylation is 2. The first-order valence-corrected chi connectivity index (χ1v) is 8.37. The van der Waals surface area contributed by atoms with Crippen LogP contribution in [0.15, 0.2) is 52.4 Å². The fraction of sp³-hybridized carbons (Fsp3) is 0.118. The van der Waals surface area contributed by atoms with Gasteiger partial charge in [0.1, 0.15) is 17.7 Å². The van der Waals surface area contributed by atoms with Crippen molar-refractivity contribution in [2.75, 3.05) is 5.32 Å². The molecule has 0 unspecified atom stereocenters. The number of benzene rings is 2. The van der Waals surface area contributed by atoms with Crippen LogP contribution in [0.5, 0.6) is 0 Å². The normalized spacial score (nSPS) is 11.9. The van der Waals surface area contributed by atoms with Crippen LogP contribution in [-0.4, -0.2) is 8.42 Å². The summed E-state index contributed by atoms with van der Waals surface area (Å²) in [4.78, 5) is -0.592. The summed E-state index contributed by atoms with van der Waals surface area (Å²) in [6, 6.07) is 9.08. The van der Waals surface area contributed by atoms with Gasteiger partial charge in [0.05, 0.1) is 10.6 Å². The molecule has 0 saturated heterocycles. The number of nitriles is 1. The van der Waals surface area contributed by atoms with Gasteiger partial charge in [-0.2, -0.15) is 5.26 Å². The fourth-order valence-electron chi connectivity index (χ4n) is 2.13. The molecule has 24 heavy (non-hydrogen) atoms. The predicted octanol–water partition coefficient (Wildman–Crippen LogP) is 3.83. The molecule has 0 radical (unpaired) electrons. The van der Waals surface area contributed by atoms with Gasteiger partial charge >= 0.3 is 0 Å². The molecule has 0 heterocycles. The molecule has 2 aromatic rings. The van der Waals surface area contributed by atoms with Crippen LogP contribution in [-0.2, 0) is 9.84 Å². The Balaban J connectivity index is 2.41. The van der Waals surface area contributed by atoms with Crippen molar-refractivity contribution in [1.82, 2.24) is 0 Å². The second-order valence-electron chi connectivity index (χ2n) is 5.22. The highest BCUT2D eigenvalue weighted by Crippen LogP contribution is 2.22. The van der Waals surface area contributed by atoms with E-state index in [4.69, 9.17) is 5.26 Å². The lowest BCUT2D eigenvalue weighted by atomic mass is 10.2. The van der Waals surface area contributed by atoms with Crippen LogP contribution in [0.3, 0.4) is 0 Å². The topological polar surface area (TPSA) is 70.0 Å². The number of hydrogen-bond acceptors (Lipinski definition) is 4. The summed E-state index contributed by atoms with van der Waals surface area (Å²) >= 11 is 0. The predicted molar refractivity (Wildman–Crippen MR) is 86.8 cm³/mol. The molecular weight excluding hydrogens is 334 g/mol. The van der Waals surface area contributed by atoms with E-state index < -0.39 is 26.4 Å². The van der Waals surface area contributed by atoms with Crippen LogP contribution in [0.2, 0.25) is 0 Å². The number of rotatable bonds is 4. The molecule has 1 N–H and O–H groups in total. The number of nitrogens with one attached hydrogen (secondary N) is 1. The summed E-state index contributed by atoms with van der Waals surface area (Å²) in [5.41, 5.74) is 1.34. The van der Waals surface area contributed by atoms with Gasteiger partial charge in [-0.1, -0.05) is 6.07 Å². The Bertz CT molecular complexity index is 941. The third kappa shape index (κ3) is 3.78. The van der Waals surface area contributed by atoms with E-state index in [9.17, 15) is 17.2 Å². The van der Waals surface area contributed by atoms with Crippen molar-refractivity contribution in [3.05, 3.63) is 70.3 Å². The van der Waals surface area contributed by atoms with E-state index in [2.05, 4.69) is 5.32 Å². The second-order valence-corrected chi connectivity index (χ2v) is 7.13. The molecule has 0 bridgehead atoms. The van der Waals surface area contributed by atoms with E-state index >= 15 is 0 Å². The Morgan fingerprint density at radius 1 is 1.12 bits per heavy atom. The van der Waals surface area contributed by atoms with Crippen molar-refractivity contribution < 1.29 is 17.2 Å². The lowest BCUT2D eigenvalue weighted by molar-refractivity contribution is 0.585. The highest BCUT2D eigenvalue weighted by molar-refractivity contribution is 7.95. The summed E-state index contributed by atoms with van der Waals surface area (Å²) < 4.78 is 51.5. The minimum atomic E-state index is -4.05. The lowest BCUT2D eigenvalue weighted by Crippen LogP contribution is -2.07. The first kappa shape index (κ1) is 17.6. The maximum Gasteiger partial charge on any atom is 0.218 e. The molecule has 0 aliphatic rings. The molecule has 0 spiro atoms. The monoisotopic (exact) mass is 348 g/mol. The van der Waals surface area contributed by atoms with Gasteiger partial charge in [0.2, 0.25) is 9.84 Å². The van der Waals surface area contributed by atoms with E-state index in [0.29, 0.717) is 6.07 Å². The van der Waals surface area contributed by atoms with Gasteiger partial charge in [0.15, 0.2) is 4.91 Å². The molecule has 0 aromatic heterocycles. The Morgan fingerprint density at radius 3 is 2.29 bits per heavy atom. The Labute approximate surface area is 139 Å². The van der Waals surface area contributed by atoms with E-state index in [0.717, 1.165) is 29.5 Å². The molecule has 0 aliphatic carbocycles. The van der Waals surface area contributed by atoms with Crippen LogP contribution in [0, 0.1) is 36.8 Å². The molecule has 124 valence electrons. The van der Waals surface area contributed by atoms with Crippen molar-refractivity contribution in [3.63, 3.8) is 0 Å². The molecule has 0 atom stereocenters. The summed E-state index contributed by atoms with van der Waals surface area (Å²) in [5, 5.41) is 11.6. The minimum Gasteiger partial charge on any atom is -0.357 e. The van der Waals surface area contributed by atoms with Gasteiger partial charge in [0, 0.05) is 12.3 Å². The number of anilines is 1. The summed E-state index contributed by atoms with van der Waals surface area (Å²) in [5.74, 6) is -1.65. The average molecular weight is 348 g/mol. The zero-order chi connectivity index (χ0) is 17.9. The molecular formula is C17H14F2N2O2S. The van der Waals surface area contributed by atoms with Crippen LogP contribution < -0.4 is 5.32 Å². The van der Waals surface area contributed by atoms with Gasteiger partial charge in [-0.15, -0.1) is 0 Å². The number of nitrogens with zero attached hydrogens (tertiary/aromatic N) is 1. The van der Waals surface area contributed by atoms with E-state index in [-0.39, 0.29) is 10.6 Å². The molecule has 2 rings (SSSR count). The van der Waals surface area contributed by atoms with Gasteiger partial charge in [-0.25, -0.2) is 17.2 Å². The highest BCUT2D eigenvalue weighted by Gasteiger charge is 2.21. The van der Waals surface area contributed by atoms with Crippen molar-refractivity contribution >= 4 is 15.5 Å². The molecule has 0 saturated carbocycles. The number of halogens is 2. The Kier molecular flexibility index (Phi) is 5.00. The third-order valence-corrected chi connectivity index (χ3v) is 4.84. The van der Waals surface area contributed by atoms with Gasteiger partial charge in [-0.3, -0.25) is 0 Å². The number of hydrogen-bond donors (Lipinski definition) is 1. The molecule has 0 fully saturated rings. The number of sulfone groups is 1. The van der Waals surface area contributed by atoms with E-state index in [1.165, 1.54) is 12.1 Å². The van der Waals surface area contributed by atoms with Crippen LogP contribution >= 0.6 is 0 Å². The third-order valence-electron chi connectivity index (χ3n) is 3.20. The molecule has 7 heteroatoms. The minimum absolute atomic E-state index is 0.0193. The second kappa shape index (κ2) is 6.81. The van der Waals surface area contributed by atoms with Crippen molar-refractivity contribution in [2.45, 2.75) is 18.7 Å². The van der Waals surface area contributed by atoms with Crippen LogP contribution in [0.25, 0.3) is 0 Å². The van der Waals surface area contributed by atoms with Crippen LogP contribution in [0.4, 0.5) is 14.5 Å². The maximum atomic E-state index is 13.6. The largest absolute Gasteiger partial charge is 0.357 e. The first-order chi connectivity index (χ1) is 11.2. The highest BCUT2D eigenvalue weighted by atomic mass is 32.2. The number of allylic oxidation sites excluding steroid dienone is 1. The van der Waals surface area contributed by atoms with Crippen molar-refractivity contribution in [3.8, 4) is 6.07 Å². The Morgan fingerprint density at radius 2 is 1.75 bits per heavy atom. The zero-order valence-corrected chi connectivity index (χ0v) is 13.8. The summed E-state index contributed by atoms with van der Waals surface area (Å²) in [7, 11) is -4.05. The van der Waals surface area contributed by atoms with Crippen molar-refractivity contribution in [2.24, 2.45) is 0 Å². The molecule has 0 amide bonds. The van der Waals surface area contributed by atoms with E-state index in [1.54, 1.807) is 26.0 Å². The van der Waals surface area contributed by atoms with Gasteiger partial charge in [-0.05, 0) is 49.2 Å². The zero-order valence-electron chi connectivity index (χ0n) is 13.0. The van der Waals surface area contributed by atoms with Crippen molar-refractivity contribution in [1.29, 1.82) is 5.26 Å². The first-order valence-electron chi connectivity index (χ1n) is 6.89. The standard InChI is InChI=1S/C17H14F2N2O2S/c1-11-5-12(2)7-14(6-11)24(22,23)15(9-20)10-21-17-4-3-13(18)8-16(17)19/h3-8,10,21H,1-2H3. The van der Waals surface area contributed by atoms with Crippen LogP contribution in [0.1, 0.15) is 11.1 Å². The average Bonchev–Trinajstić information content (AvgIpc) is 2.48. The fourth-order valence-corrected chi connectivity index (χ4v) is 3.41. The summed E-state index contributed by atoms with van der Waals surface area (Å²) in [6.45, 7) is 3.49. The SMILES string of the molecule is Cc1cc(C)cc(S(=O)(=O)C(C#N)=CNc2ccc(F)cc2F)c1. The smallest absolute Gasteiger partial charge is 0.218 e. The summed E-state index contributed by atoms with van der Waals surface area (Å²) in [6.07, 6.45) is 0.892. The molecule has 0 aliphatic heterocycles. The lowest BCUT2D eigenvalue weighted by Gasteiger charge is -2.07. The maximum absolute atomic E-state index is 13.6. The van der Waals surface area contributed by atoms with Gasteiger partial charge < -0.3 is 5.32 Å². The molecule has 2 aromatic carbocycles. The quantitative estimate of drug-likeness (QED) is 0.853. The van der Waals surface area contributed by atoms with Gasteiger partial charge in [0.25, 0.3) is 0 Å². The molecule has 4 nitrogen and oxygen atoms in total.